The van der Waals surface area contributed by atoms with Gasteiger partial charge in [-0.1, -0.05) is 22.8 Å². The maximum Gasteiger partial charge on any atom is 0.342 e. The topological polar surface area (TPSA) is 61.6 Å². The van der Waals surface area contributed by atoms with Gasteiger partial charge in [0.2, 0.25) is 0 Å². The molecule has 0 spiro atoms. The van der Waals surface area contributed by atoms with Gasteiger partial charge in [-0.2, -0.15) is 0 Å². The number of carbonyl (C=O) groups is 1. The standard InChI is InChI=1S/C16H12ClNO4S/c1-20-13-5-4-10(17)7-12(13)16(19)21-9-11-8-14(22-18-11)15-3-2-6-23-15/h2-8H,9H2,1H3. The average molecular weight is 350 g/mol. The number of ether oxygens (including phenoxy) is 2. The van der Waals surface area contributed by atoms with Crippen molar-refractivity contribution in [3.8, 4) is 16.4 Å². The number of benzene rings is 1. The molecule has 118 valence electrons. The molecule has 0 fully saturated rings. The van der Waals surface area contributed by atoms with Crippen molar-refractivity contribution in [2.75, 3.05) is 7.11 Å². The summed E-state index contributed by atoms with van der Waals surface area (Å²) in [6.45, 7) is 0.00335. The van der Waals surface area contributed by atoms with Crippen molar-refractivity contribution < 1.29 is 18.8 Å². The molecule has 0 N–H and O–H groups in total. The number of thiophene rings is 1. The fourth-order valence-corrected chi connectivity index (χ4v) is 2.82. The van der Waals surface area contributed by atoms with Crippen molar-refractivity contribution in [2.45, 2.75) is 6.61 Å². The molecule has 0 aliphatic rings. The molecule has 1 aromatic carbocycles. The van der Waals surface area contributed by atoms with Crippen LogP contribution in [0.1, 0.15) is 16.1 Å². The van der Waals surface area contributed by atoms with Crippen molar-refractivity contribution in [3.05, 3.63) is 58.1 Å². The molecule has 0 unspecified atom stereocenters. The van der Waals surface area contributed by atoms with Gasteiger partial charge in [-0.3, -0.25) is 0 Å². The number of hydrogen-bond donors (Lipinski definition) is 0. The third kappa shape index (κ3) is 3.55. The van der Waals surface area contributed by atoms with Crippen LogP contribution in [0, 0.1) is 0 Å². The van der Waals surface area contributed by atoms with Crippen LogP contribution in [0.3, 0.4) is 0 Å². The zero-order valence-corrected chi connectivity index (χ0v) is 13.7. The molecule has 2 aromatic heterocycles. The Balaban J connectivity index is 1.69. The molecule has 0 aliphatic heterocycles. The Bertz CT molecular complexity index is 813. The predicted molar refractivity (Wildman–Crippen MR) is 86.9 cm³/mol. The predicted octanol–water partition coefficient (Wildman–Crippen LogP) is 4.42. The highest BCUT2D eigenvalue weighted by Crippen LogP contribution is 2.26. The fraction of sp³-hybridized carbons (Fsp3) is 0.125. The lowest BCUT2D eigenvalue weighted by Gasteiger charge is -2.08. The summed E-state index contributed by atoms with van der Waals surface area (Å²) >= 11 is 7.45. The first kappa shape index (κ1) is 15.6. The van der Waals surface area contributed by atoms with Crippen LogP contribution in [0.25, 0.3) is 10.6 Å². The number of carbonyl (C=O) groups excluding carboxylic acids is 1. The van der Waals surface area contributed by atoms with Crippen molar-refractivity contribution in [2.24, 2.45) is 0 Å². The number of aromatic nitrogens is 1. The summed E-state index contributed by atoms with van der Waals surface area (Å²) < 4.78 is 15.6. The maximum atomic E-state index is 12.2. The van der Waals surface area contributed by atoms with E-state index in [4.69, 9.17) is 25.6 Å². The Kier molecular flexibility index (Phi) is 4.64. The number of halogens is 1. The van der Waals surface area contributed by atoms with E-state index in [2.05, 4.69) is 5.16 Å². The van der Waals surface area contributed by atoms with E-state index < -0.39 is 5.97 Å². The van der Waals surface area contributed by atoms with Crippen LogP contribution in [0.2, 0.25) is 5.02 Å². The molecule has 0 saturated heterocycles. The molecule has 5 nitrogen and oxygen atoms in total. The minimum absolute atomic E-state index is 0.00335. The van der Waals surface area contributed by atoms with Gasteiger partial charge in [0.1, 0.15) is 23.6 Å². The first-order valence-corrected chi connectivity index (χ1v) is 7.93. The number of rotatable bonds is 5. The SMILES string of the molecule is COc1ccc(Cl)cc1C(=O)OCc1cc(-c2cccs2)on1. The van der Waals surface area contributed by atoms with E-state index in [1.807, 2.05) is 17.5 Å². The van der Waals surface area contributed by atoms with Gasteiger partial charge in [0.15, 0.2) is 5.76 Å². The molecule has 0 radical (unpaired) electrons. The van der Waals surface area contributed by atoms with Crippen LogP contribution in [0.5, 0.6) is 5.75 Å². The second-order valence-corrected chi connectivity index (χ2v) is 5.96. The van der Waals surface area contributed by atoms with Crippen molar-refractivity contribution in [1.82, 2.24) is 5.16 Å². The normalized spacial score (nSPS) is 10.5. The minimum atomic E-state index is -0.537. The Hall–Kier alpha value is -2.31. The van der Waals surface area contributed by atoms with E-state index in [1.165, 1.54) is 13.2 Å². The van der Waals surface area contributed by atoms with Gasteiger partial charge in [0.25, 0.3) is 0 Å². The monoisotopic (exact) mass is 349 g/mol. The Morgan fingerprint density at radius 1 is 1.35 bits per heavy atom. The molecule has 3 rings (SSSR count). The summed E-state index contributed by atoms with van der Waals surface area (Å²) in [5, 5.41) is 6.27. The molecular formula is C16H12ClNO4S. The molecule has 3 aromatic rings. The van der Waals surface area contributed by atoms with Crippen molar-refractivity contribution in [3.63, 3.8) is 0 Å². The number of hydrogen-bond acceptors (Lipinski definition) is 6. The van der Waals surface area contributed by atoms with E-state index in [-0.39, 0.29) is 12.2 Å². The van der Waals surface area contributed by atoms with Crippen LogP contribution < -0.4 is 4.74 Å². The fourth-order valence-electron chi connectivity index (χ4n) is 1.97. The average Bonchev–Trinajstić information content (AvgIpc) is 3.23. The highest BCUT2D eigenvalue weighted by atomic mass is 35.5. The summed E-state index contributed by atoms with van der Waals surface area (Å²) in [6, 6.07) is 10.4. The molecule has 0 atom stereocenters. The third-order valence-corrected chi connectivity index (χ3v) is 4.18. The van der Waals surface area contributed by atoms with Gasteiger partial charge >= 0.3 is 5.97 Å². The van der Waals surface area contributed by atoms with Gasteiger partial charge in [-0.15, -0.1) is 11.3 Å². The zero-order valence-electron chi connectivity index (χ0n) is 12.1. The Morgan fingerprint density at radius 2 is 2.22 bits per heavy atom. The van der Waals surface area contributed by atoms with E-state index in [0.29, 0.717) is 22.2 Å². The van der Waals surface area contributed by atoms with Crippen LogP contribution in [0.15, 0.2) is 46.3 Å². The van der Waals surface area contributed by atoms with Crippen LogP contribution in [-0.4, -0.2) is 18.2 Å². The van der Waals surface area contributed by atoms with E-state index in [1.54, 1.807) is 29.5 Å². The minimum Gasteiger partial charge on any atom is -0.496 e. The Labute approximate surface area is 141 Å². The van der Waals surface area contributed by atoms with Crippen LogP contribution >= 0.6 is 22.9 Å². The summed E-state index contributed by atoms with van der Waals surface area (Å²) in [7, 11) is 1.48. The van der Waals surface area contributed by atoms with Gasteiger partial charge in [-0.25, -0.2) is 4.79 Å². The number of nitrogens with zero attached hydrogens (tertiary/aromatic N) is 1. The molecule has 0 bridgehead atoms. The second-order valence-electron chi connectivity index (χ2n) is 4.58. The number of methoxy groups -OCH3 is 1. The summed E-state index contributed by atoms with van der Waals surface area (Å²) in [5.74, 6) is 0.509. The van der Waals surface area contributed by atoms with E-state index in [0.717, 1.165) is 4.88 Å². The molecule has 0 amide bonds. The molecule has 2 heterocycles. The smallest absolute Gasteiger partial charge is 0.342 e. The molecular weight excluding hydrogens is 338 g/mol. The number of esters is 1. The molecule has 7 heteroatoms. The molecule has 23 heavy (non-hydrogen) atoms. The first-order valence-electron chi connectivity index (χ1n) is 6.67. The third-order valence-electron chi connectivity index (χ3n) is 3.06. The van der Waals surface area contributed by atoms with Gasteiger partial charge < -0.3 is 14.0 Å². The summed E-state index contributed by atoms with van der Waals surface area (Å²) in [5.41, 5.74) is 0.796. The van der Waals surface area contributed by atoms with Crippen LogP contribution in [-0.2, 0) is 11.3 Å². The summed E-state index contributed by atoms with van der Waals surface area (Å²) in [4.78, 5) is 13.1. The Morgan fingerprint density at radius 3 is 2.96 bits per heavy atom. The lowest BCUT2D eigenvalue weighted by Crippen LogP contribution is -2.07. The lowest BCUT2D eigenvalue weighted by atomic mass is 10.2. The largest absolute Gasteiger partial charge is 0.496 e. The molecule has 0 saturated carbocycles. The highest BCUT2D eigenvalue weighted by molar-refractivity contribution is 7.13. The quantitative estimate of drug-likeness (QED) is 0.638. The van der Waals surface area contributed by atoms with Gasteiger partial charge in [0.05, 0.1) is 12.0 Å². The van der Waals surface area contributed by atoms with E-state index >= 15 is 0 Å². The van der Waals surface area contributed by atoms with Gasteiger partial charge in [0, 0.05) is 11.1 Å². The van der Waals surface area contributed by atoms with Crippen molar-refractivity contribution in [1.29, 1.82) is 0 Å². The summed E-state index contributed by atoms with van der Waals surface area (Å²) in [6.07, 6.45) is 0. The maximum absolute atomic E-state index is 12.2. The second kappa shape index (κ2) is 6.85. The molecule has 0 aliphatic carbocycles. The lowest BCUT2D eigenvalue weighted by molar-refractivity contribution is 0.0460. The van der Waals surface area contributed by atoms with Crippen LogP contribution in [0.4, 0.5) is 0 Å². The highest BCUT2D eigenvalue weighted by Gasteiger charge is 2.16. The first-order chi connectivity index (χ1) is 11.2. The van der Waals surface area contributed by atoms with E-state index in [9.17, 15) is 4.79 Å². The van der Waals surface area contributed by atoms with Gasteiger partial charge in [-0.05, 0) is 29.6 Å². The zero-order chi connectivity index (χ0) is 16.2. The van der Waals surface area contributed by atoms with Crippen molar-refractivity contribution >= 4 is 28.9 Å².